The quantitative estimate of drug-likeness (QED) is 0.633. The van der Waals surface area contributed by atoms with E-state index in [1.165, 1.54) is 12.0 Å². The third-order valence-electron chi connectivity index (χ3n) is 1.62. The Balaban J connectivity index is 0.000000293. The van der Waals surface area contributed by atoms with Gasteiger partial charge in [0, 0.05) is 12.4 Å². The van der Waals surface area contributed by atoms with Crippen molar-refractivity contribution in [2.45, 2.75) is 27.2 Å². The summed E-state index contributed by atoms with van der Waals surface area (Å²) in [7, 11) is 0. The van der Waals surface area contributed by atoms with Gasteiger partial charge in [0.15, 0.2) is 0 Å². The van der Waals surface area contributed by atoms with Gasteiger partial charge in [-0.3, -0.25) is 9.97 Å². The zero-order chi connectivity index (χ0) is 10.4. The molecule has 1 aromatic carbocycles. The summed E-state index contributed by atoms with van der Waals surface area (Å²) in [5, 5.41) is 0. The standard InChI is InChI=1S/C9H8N2.C3H8/c1-7-2-3-8-9(6-7)11-5-4-10-8;1-3-2/h2-6H,1H3;3H2,1-2H3. The molecule has 0 aliphatic heterocycles. The largest absolute Gasteiger partial charge is 0.253 e. The van der Waals surface area contributed by atoms with E-state index in [9.17, 15) is 0 Å². The fourth-order valence-corrected chi connectivity index (χ4v) is 1.07. The molecule has 0 saturated carbocycles. The third kappa shape index (κ3) is 2.80. The Morgan fingerprint density at radius 1 is 1.00 bits per heavy atom. The highest BCUT2D eigenvalue weighted by Crippen LogP contribution is 2.08. The van der Waals surface area contributed by atoms with E-state index in [2.05, 4.69) is 23.8 Å². The molecule has 14 heavy (non-hydrogen) atoms. The Kier molecular flexibility index (Phi) is 4.05. The van der Waals surface area contributed by atoms with Crippen molar-refractivity contribution in [3.05, 3.63) is 36.2 Å². The zero-order valence-electron chi connectivity index (χ0n) is 8.99. The van der Waals surface area contributed by atoms with E-state index >= 15 is 0 Å². The fraction of sp³-hybridized carbons (Fsp3) is 0.333. The van der Waals surface area contributed by atoms with Crippen molar-refractivity contribution in [1.82, 2.24) is 9.97 Å². The number of hydrogen-bond donors (Lipinski definition) is 0. The second kappa shape index (κ2) is 5.32. The number of fused-ring (bicyclic) bond motifs is 1. The molecule has 0 spiro atoms. The van der Waals surface area contributed by atoms with Crippen LogP contribution < -0.4 is 0 Å². The molecule has 2 heteroatoms. The molecule has 0 aliphatic rings. The fourth-order valence-electron chi connectivity index (χ4n) is 1.07. The Morgan fingerprint density at radius 2 is 1.57 bits per heavy atom. The molecule has 2 aromatic rings. The zero-order valence-corrected chi connectivity index (χ0v) is 8.99. The molecule has 0 atom stereocenters. The molecule has 0 bridgehead atoms. The molecule has 1 aromatic heterocycles. The minimum atomic E-state index is 0.957. The first-order valence-electron chi connectivity index (χ1n) is 4.95. The van der Waals surface area contributed by atoms with E-state index in [-0.39, 0.29) is 0 Å². The number of benzene rings is 1. The van der Waals surface area contributed by atoms with Crippen molar-refractivity contribution in [3.8, 4) is 0 Å². The smallest absolute Gasteiger partial charge is 0.0889 e. The van der Waals surface area contributed by atoms with Gasteiger partial charge in [0.2, 0.25) is 0 Å². The summed E-state index contributed by atoms with van der Waals surface area (Å²) in [6, 6.07) is 6.05. The Hall–Kier alpha value is -1.44. The molecule has 2 nitrogen and oxygen atoms in total. The van der Waals surface area contributed by atoms with Gasteiger partial charge in [-0.2, -0.15) is 0 Å². The highest BCUT2D eigenvalue weighted by atomic mass is 14.8. The molecular formula is C12H16N2. The maximum atomic E-state index is 4.18. The second-order valence-electron chi connectivity index (χ2n) is 3.26. The minimum Gasteiger partial charge on any atom is -0.253 e. The molecule has 0 radical (unpaired) electrons. The van der Waals surface area contributed by atoms with Gasteiger partial charge in [-0.1, -0.05) is 26.3 Å². The SMILES string of the molecule is CCC.Cc1ccc2nccnc2c1. The van der Waals surface area contributed by atoms with Crippen LogP contribution >= 0.6 is 0 Å². The minimum absolute atomic E-state index is 0.957. The molecule has 0 saturated heterocycles. The number of aryl methyl sites for hydroxylation is 1. The first-order chi connectivity index (χ1) is 6.77. The number of nitrogens with zero attached hydrogens (tertiary/aromatic N) is 2. The van der Waals surface area contributed by atoms with E-state index in [1.54, 1.807) is 12.4 Å². The molecule has 0 fully saturated rings. The van der Waals surface area contributed by atoms with Crippen molar-refractivity contribution in [2.24, 2.45) is 0 Å². The third-order valence-corrected chi connectivity index (χ3v) is 1.62. The van der Waals surface area contributed by atoms with Gasteiger partial charge in [0.1, 0.15) is 0 Å². The normalized spacial score (nSPS) is 9.36. The Labute approximate surface area is 85.0 Å². The summed E-state index contributed by atoms with van der Waals surface area (Å²) in [5.74, 6) is 0. The highest BCUT2D eigenvalue weighted by Gasteiger charge is 1.92. The lowest BCUT2D eigenvalue weighted by Crippen LogP contribution is -1.81. The maximum absolute atomic E-state index is 4.18. The Bertz CT molecular complexity index is 396. The van der Waals surface area contributed by atoms with Gasteiger partial charge in [0.25, 0.3) is 0 Å². The monoisotopic (exact) mass is 188 g/mol. The van der Waals surface area contributed by atoms with Crippen LogP contribution in [0.15, 0.2) is 30.6 Å². The van der Waals surface area contributed by atoms with Crippen molar-refractivity contribution in [3.63, 3.8) is 0 Å². The summed E-state index contributed by atoms with van der Waals surface area (Å²) < 4.78 is 0. The van der Waals surface area contributed by atoms with Gasteiger partial charge in [-0.25, -0.2) is 0 Å². The molecule has 0 amide bonds. The van der Waals surface area contributed by atoms with Gasteiger partial charge >= 0.3 is 0 Å². The number of rotatable bonds is 0. The molecule has 0 N–H and O–H groups in total. The van der Waals surface area contributed by atoms with Gasteiger partial charge < -0.3 is 0 Å². The highest BCUT2D eigenvalue weighted by molar-refractivity contribution is 5.74. The number of hydrogen-bond acceptors (Lipinski definition) is 2. The molecule has 74 valence electrons. The van der Waals surface area contributed by atoms with Crippen LogP contribution in [0.25, 0.3) is 11.0 Å². The van der Waals surface area contributed by atoms with Gasteiger partial charge in [-0.15, -0.1) is 0 Å². The van der Waals surface area contributed by atoms with Crippen molar-refractivity contribution < 1.29 is 0 Å². The van der Waals surface area contributed by atoms with Crippen molar-refractivity contribution >= 4 is 11.0 Å². The molecule has 1 heterocycles. The summed E-state index contributed by atoms with van der Waals surface area (Å²) in [6.07, 6.45) is 4.67. The summed E-state index contributed by atoms with van der Waals surface area (Å²) >= 11 is 0. The lowest BCUT2D eigenvalue weighted by Gasteiger charge is -1.95. The first kappa shape index (κ1) is 10.6. The summed E-state index contributed by atoms with van der Waals surface area (Å²) in [6.45, 7) is 6.30. The van der Waals surface area contributed by atoms with E-state index in [0.29, 0.717) is 0 Å². The van der Waals surface area contributed by atoms with Crippen LogP contribution in [0.4, 0.5) is 0 Å². The van der Waals surface area contributed by atoms with Gasteiger partial charge in [0.05, 0.1) is 11.0 Å². The van der Waals surface area contributed by atoms with Crippen LogP contribution in [0.1, 0.15) is 25.8 Å². The lowest BCUT2D eigenvalue weighted by atomic mass is 10.2. The maximum Gasteiger partial charge on any atom is 0.0889 e. The van der Waals surface area contributed by atoms with Gasteiger partial charge in [-0.05, 0) is 24.6 Å². The predicted molar refractivity (Wildman–Crippen MR) is 60.2 cm³/mol. The summed E-state index contributed by atoms with van der Waals surface area (Å²) in [5.41, 5.74) is 3.14. The van der Waals surface area contributed by atoms with Crippen molar-refractivity contribution in [2.75, 3.05) is 0 Å². The van der Waals surface area contributed by atoms with Crippen LogP contribution in [0, 0.1) is 6.92 Å². The average Bonchev–Trinajstić information content (AvgIpc) is 2.19. The Morgan fingerprint density at radius 3 is 2.21 bits per heavy atom. The van der Waals surface area contributed by atoms with E-state index in [0.717, 1.165) is 11.0 Å². The topological polar surface area (TPSA) is 25.8 Å². The average molecular weight is 188 g/mol. The molecule has 0 unspecified atom stereocenters. The van der Waals surface area contributed by atoms with Crippen LogP contribution in [-0.2, 0) is 0 Å². The molecule has 0 aliphatic carbocycles. The number of aromatic nitrogens is 2. The van der Waals surface area contributed by atoms with Crippen LogP contribution in [0.3, 0.4) is 0 Å². The van der Waals surface area contributed by atoms with Crippen LogP contribution in [0.2, 0.25) is 0 Å². The van der Waals surface area contributed by atoms with Crippen LogP contribution in [-0.4, -0.2) is 9.97 Å². The van der Waals surface area contributed by atoms with E-state index in [1.807, 2.05) is 25.1 Å². The molecule has 2 rings (SSSR count). The predicted octanol–water partition coefficient (Wildman–Crippen LogP) is 3.35. The van der Waals surface area contributed by atoms with E-state index < -0.39 is 0 Å². The molecular weight excluding hydrogens is 172 g/mol. The second-order valence-corrected chi connectivity index (χ2v) is 3.26. The lowest BCUT2D eigenvalue weighted by molar-refractivity contribution is 1.09. The van der Waals surface area contributed by atoms with E-state index in [4.69, 9.17) is 0 Å². The first-order valence-corrected chi connectivity index (χ1v) is 4.95. The van der Waals surface area contributed by atoms with Crippen molar-refractivity contribution in [1.29, 1.82) is 0 Å². The van der Waals surface area contributed by atoms with Crippen LogP contribution in [0.5, 0.6) is 0 Å². The summed E-state index contributed by atoms with van der Waals surface area (Å²) in [4.78, 5) is 8.34.